The Morgan fingerprint density at radius 1 is 1.23 bits per heavy atom. The molecule has 1 unspecified atom stereocenters. The van der Waals surface area contributed by atoms with Gasteiger partial charge in [-0.25, -0.2) is 9.40 Å². The van der Waals surface area contributed by atoms with E-state index in [4.69, 9.17) is 16.3 Å². The molecule has 31 heavy (non-hydrogen) atoms. The molecule has 6 nitrogen and oxygen atoms in total. The van der Waals surface area contributed by atoms with Crippen LogP contribution in [0, 0.1) is 5.82 Å². The fraction of sp³-hybridized carbons (Fsp3) is 0.348. The molecule has 2 aromatic carbocycles. The van der Waals surface area contributed by atoms with E-state index in [1.165, 1.54) is 16.0 Å². The SMILES string of the molecule is CCC(=O)N(CCOC)CC(=O)N1N=C(c2ccccc2F)CC1c1ccc(Cl)cc1. The zero-order valence-electron chi connectivity index (χ0n) is 17.6. The van der Waals surface area contributed by atoms with Crippen molar-refractivity contribution in [3.05, 3.63) is 70.5 Å². The number of carbonyl (C=O) groups is 2. The van der Waals surface area contributed by atoms with E-state index in [0.29, 0.717) is 35.9 Å². The van der Waals surface area contributed by atoms with Gasteiger partial charge in [-0.15, -0.1) is 0 Å². The number of hydrogen-bond acceptors (Lipinski definition) is 4. The minimum atomic E-state index is -0.416. The summed E-state index contributed by atoms with van der Waals surface area (Å²) >= 11 is 6.02. The van der Waals surface area contributed by atoms with E-state index in [1.807, 2.05) is 12.1 Å². The second kappa shape index (κ2) is 10.5. The van der Waals surface area contributed by atoms with E-state index < -0.39 is 11.9 Å². The smallest absolute Gasteiger partial charge is 0.262 e. The molecule has 0 radical (unpaired) electrons. The summed E-state index contributed by atoms with van der Waals surface area (Å²) in [5.41, 5.74) is 1.67. The summed E-state index contributed by atoms with van der Waals surface area (Å²) in [5, 5.41) is 6.41. The number of carbonyl (C=O) groups excluding carboxylic acids is 2. The van der Waals surface area contributed by atoms with Gasteiger partial charge in [0, 0.05) is 37.1 Å². The van der Waals surface area contributed by atoms with Gasteiger partial charge < -0.3 is 9.64 Å². The van der Waals surface area contributed by atoms with E-state index in [1.54, 1.807) is 44.4 Å². The first kappa shape index (κ1) is 22.9. The molecule has 0 aromatic heterocycles. The van der Waals surface area contributed by atoms with E-state index in [9.17, 15) is 14.0 Å². The number of ether oxygens (including phenoxy) is 1. The minimum Gasteiger partial charge on any atom is -0.383 e. The molecular formula is C23H25ClFN3O3. The molecule has 0 fully saturated rings. The topological polar surface area (TPSA) is 62.2 Å². The molecule has 1 aliphatic heterocycles. The molecule has 0 bridgehead atoms. The molecular weight excluding hydrogens is 421 g/mol. The number of hydrogen-bond donors (Lipinski definition) is 0. The van der Waals surface area contributed by atoms with Crippen molar-refractivity contribution in [2.24, 2.45) is 5.10 Å². The molecule has 3 rings (SSSR count). The van der Waals surface area contributed by atoms with Crippen LogP contribution in [-0.2, 0) is 14.3 Å². The van der Waals surface area contributed by atoms with Gasteiger partial charge in [-0.2, -0.15) is 5.10 Å². The predicted molar refractivity (Wildman–Crippen MR) is 117 cm³/mol. The third kappa shape index (κ3) is 5.48. The summed E-state index contributed by atoms with van der Waals surface area (Å²) in [7, 11) is 1.54. The van der Waals surface area contributed by atoms with Crippen LogP contribution < -0.4 is 0 Å². The highest BCUT2D eigenvalue weighted by Gasteiger charge is 2.34. The molecule has 0 spiro atoms. The molecule has 8 heteroatoms. The Morgan fingerprint density at radius 2 is 1.94 bits per heavy atom. The Bertz CT molecular complexity index is 965. The zero-order valence-corrected chi connectivity index (χ0v) is 18.3. The number of amides is 2. The summed E-state index contributed by atoms with van der Waals surface area (Å²) in [6.45, 7) is 2.24. The Hall–Kier alpha value is -2.77. The lowest BCUT2D eigenvalue weighted by Crippen LogP contribution is -2.42. The van der Waals surface area contributed by atoms with Crippen LogP contribution in [0.2, 0.25) is 5.02 Å². The fourth-order valence-electron chi connectivity index (χ4n) is 3.50. The average molecular weight is 446 g/mol. The highest BCUT2D eigenvalue weighted by molar-refractivity contribution is 6.30. The van der Waals surface area contributed by atoms with Crippen molar-refractivity contribution >= 4 is 29.1 Å². The monoisotopic (exact) mass is 445 g/mol. The van der Waals surface area contributed by atoms with Crippen molar-refractivity contribution < 1.29 is 18.7 Å². The third-order valence-electron chi connectivity index (χ3n) is 5.15. The van der Waals surface area contributed by atoms with E-state index >= 15 is 0 Å². The first-order valence-electron chi connectivity index (χ1n) is 10.1. The largest absolute Gasteiger partial charge is 0.383 e. The molecule has 0 saturated heterocycles. The summed E-state index contributed by atoms with van der Waals surface area (Å²) in [6, 6.07) is 13.1. The van der Waals surface area contributed by atoms with Gasteiger partial charge in [-0.3, -0.25) is 9.59 Å². The zero-order chi connectivity index (χ0) is 22.4. The lowest BCUT2D eigenvalue weighted by atomic mass is 9.98. The molecule has 0 saturated carbocycles. The highest BCUT2D eigenvalue weighted by atomic mass is 35.5. The van der Waals surface area contributed by atoms with Crippen LogP contribution in [0.5, 0.6) is 0 Å². The normalized spacial score (nSPS) is 15.7. The number of benzene rings is 2. The number of methoxy groups -OCH3 is 1. The Kier molecular flexibility index (Phi) is 7.76. The molecule has 2 aromatic rings. The Morgan fingerprint density at radius 3 is 2.58 bits per heavy atom. The van der Waals surface area contributed by atoms with Crippen LogP contribution in [-0.4, -0.2) is 54.2 Å². The molecule has 164 valence electrons. The molecule has 1 atom stereocenters. The standard InChI is InChI=1S/C23H25ClFN3O3/c1-3-22(29)27(12-13-31-2)15-23(30)28-21(16-8-10-17(24)11-9-16)14-20(26-28)18-6-4-5-7-19(18)25/h4-11,21H,3,12-15H2,1-2H3. The second-order valence-corrected chi connectivity index (χ2v) is 7.63. The van der Waals surface area contributed by atoms with Crippen LogP contribution in [0.25, 0.3) is 0 Å². The first-order chi connectivity index (χ1) is 14.9. The number of hydrazone groups is 1. The number of nitrogens with zero attached hydrogens (tertiary/aromatic N) is 3. The maximum Gasteiger partial charge on any atom is 0.262 e. The van der Waals surface area contributed by atoms with Crippen LogP contribution >= 0.6 is 11.6 Å². The maximum atomic E-state index is 14.4. The van der Waals surface area contributed by atoms with Gasteiger partial charge in [0.05, 0.1) is 18.4 Å². The first-order valence-corrected chi connectivity index (χ1v) is 10.5. The molecule has 0 aliphatic carbocycles. The average Bonchev–Trinajstić information content (AvgIpc) is 3.22. The van der Waals surface area contributed by atoms with Crippen molar-refractivity contribution in [3.8, 4) is 0 Å². The fourth-order valence-corrected chi connectivity index (χ4v) is 3.62. The molecule has 0 N–H and O–H groups in total. The molecule has 1 aliphatic rings. The summed E-state index contributed by atoms with van der Waals surface area (Å²) < 4.78 is 19.4. The van der Waals surface area contributed by atoms with Crippen molar-refractivity contribution in [2.75, 3.05) is 26.8 Å². The van der Waals surface area contributed by atoms with Crippen LogP contribution in [0.3, 0.4) is 0 Å². The van der Waals surface area contributed by atoms with Crippen LogP contribution in [0.1, 0.15) is 36.9 Å². The van der Waals surface area contributed by atoms with Crippen LogP contribution in [0.15, 0.2) is 53.6 Å². The lowest BCUT2D eigenvalue weighted by molar-refractivity contribution is -0.141. The van der Waals surface area contributed by atoms with Crippen molar-refractivity contribution in [1.82, 2.24) is 9.91 Å². The van der Waals surface area contributed by atoms with Gasteiger partial charge in [-0.05, 0) is 23.8 Å². The number of rotatable bonds is 8. The van der Waals surface area contributed by atoms with E-state index in [2.05, 4.69) is 5.10 Å². The van der Waals surface area contributed by atoms with E-state index in [0.717, 1.165) is 5.56 Å². The summed E-state index contributed by atoms with van der Waals surface area (Å²) in [6.07, 6.45) is 0.634. The quantitative estimate of drug-likeness (QED) is 0.616. The van der Waals surface area contributed by atoms with Crippen molar-refractivity contribution in [1.29, 1.82) is 0 Å². The third-order valence-corrected chi connectivity index (χ3v) is 5.40. The summed E-state index contributed by atoms with van der Waals surface area (Å²) in [4.78, 5) is 27.0. The van der Waals surface area contributed by atoms with Gasteiger partial charge in [-0.1, -0.05) is 48.9 Å². The Labute approximate surface area is 186 Å². The highest BCUT2D eigenvalue weighted by Crippen LogP contribution is 2.34. The van der Waals surface area contributed by atoms with Crippen molar-refractivity contribution in [3.63, 3.8) is 0 Å². The summed E-state index contributed by atoms with van der Waals surface area (Å²) in [5.74, 6) is -0.886. The molecule has 2 amide bonds. The minimum absolute atomic E-state index is 0.131. The van der Waals surface area contributed by atoms with E-state index in [-0.39, 0.29) is 24.8 Å². The van der Waals surface area contributed by atoms with Crippen molar-refractivity contribution in [2.45, 2.75) is 25.8 Å². The number of halogens is 2. The second-order valence-electron chi connectivity index (χ2n) is 7.20. The van der Waals surface area contributed by atoms with Crippen LogP contribution in [0.4, 0.5) is 4.39 Å². The van der Waals surface area contributed by atoms with Gasteiger partial charge in [0.1, 0.15) is 12.4 Å². The maximum absolute atomic E-state index is 14.4. The van der Waals surface area contributed by atoms with Gasteiger partial charge in [0.25, 0.3) is 5.91 Å². The van der Waals surface area contributed by atoms with Gasteiger partial charge in [0.2, 0.25) is 5.91 Å². The van der Waals surface area contributed by atoms with Gasteiger partial charge >= 0.3 is 0 Å². The lowest BCUT2D eigenvalue weighted by Gasteiger charge is -2.26. The molecule has 1 heterocycles. The van der Waals surface area contributed by atoms with Gasteiger partial charge in [0.15, 0.2) is 0 Å². The Balaban J connectivity index is 1.91. The predicted octanol–water partition coefficient (Wildman–Crippen LogP) is 4.04.